The second-order valence-electron chi connectivity index (χ2n) is 3.68. The number of benzene rings is 2. The van der Waals surface area contributed by atoms with Gasteiger partial charge in [-0.1, -0.05) is 30.0 Å². The molecule has 0 radical (unpaired) electrons. The molecule has 15 heavy (non-hydrogen) atoms. The number of fused-ring (bicyclic) bond motifs is 2. The summed E-state index contributed by atoms with van der Waals surface area (Å²) in [5.41, 5.74) is 2.82. The molecule has 0 nitrogen and oxygen atoms in total. The summed E-state index contributed by atoms with van der Waals surface area (Å²) >= 11 is 6.24. The van der Waals surface area contributed by atoms with Gasteiger partial charge in [-0.3, -0.25) is 0 Å². The Labute approximate surface area is 99.1 Å². The van der Waals surface area contributed by atoms with Crippen molar-refractivity contribution in [3.05, 3.63) is 53.6 Å². The summed E-state index contributed by atoms with van der Waals surface area (Å²) in [6.45, 7) is 0. The molecule has 0 unspecified atom stereocenters. The van der Waals surface area contributed by atoms with Crippen molar-refractivity contribution in [3.8, 4) is 0 Å². The molecule has 1 aliphatic rings. The Morgan fingerprint density at radius 2 is 1.73 bits per heavy atom. The maximum Gasteiger partial charge on any atom is 0.0158 e. The normalized spacial score (nSPS) is 13.1. The predicted octanol–water partition coefficient (Wildman–Crippen LogP) is 4.03. The minimum absolute atomic E-state index is 1.03. The Hall–Kier alpha value is -0.860. The van der Waals surface area contributed by atoms with Crippen LogP contribution in [0.2, 0.25) is 0 Å². The molecular weight excluding hydrogens is 220 g/mol. The SMILES string of the molecule is Sc1ccc2c(c1)Cc1ccccc1S2. The average molecular weight is 230 g/mol. The van der Waals surface area contributed by atoms with Gasteiger partial charge in [0.1, 0.15) is 0 Å². The van der Waals surface area contributed by atoms with Gasteiger partial charge >= 0.3 is 0 Å². The maximum absolute atomic E-state index is 4.38. The van der Waals surface area contributed by atoms with Crippen LogP contribution in [-0.4, -0.2) is 0 Å². The molecule has 2 aromatic rings. The van der Waals surface area contributed by atoms with E-state index in [0.29, 0.717) is 0 Å². The third-order valence-corrected chi connectivity index (χ3v) is 4.13. The molecule has 3 rings (SSSR count). The fraction of sp³-hybridized carbons (Fsp3) is 0.0769. The van der Waals surface area contributed by atoms with Crippen molar-refractivity contribution in [2.75, 3.05) is 0 Å². The molecule has 0 aromatic heterocycles. The molecule has 74 valence electrons. The van der Waals surface area contributed by atoms with Gasteiger partial charge in [0.15, 0.2) is 0 Å². The first-order valence-corrected chi connectivity index (χ1v) is 6.17. The van der Waals surface area contributed by atoms with E-state index >= 15 is 0 Å². The highest BCUT2D eigenvalue weighted by molar-refractivity contribution is 7.99. The largest absolute Gasteiger partial charge is 0.143 e. The minimum Gasteiger partial charge on any atom is -0.143 e. The maximum atomic E-state index is 4.38. The summed E-state index contributed by atoms with van der Waals surface area (Å²) in [5, 5.41) is 0. The standard InChI is InChI=1S/C13H10S2/c14-11-5-6-13-10(8-11)7-9-3-1-2-4-12(9)15-13/h1-6,8,14H,7H2. The molecule has 2 heteroatoms. The quantitative estimate of drug-likeness (QED) is 0.569. The van der Waals surface area contributed by atoms with E-state index in [1.54, 1.807) is 0 Å². The van der Waals surface area contributed by atoms with Gasteiger partial charge in [0.25, 0.3) is 0 Å². The molecule has 2 aromatic carbocycles. The van der Waals surface area contributed by atoms with Crippen LogP contribution in [-0.2, 0) is 6.42 Å². The van der Waals surface area contributed by atoms with Crippen molar-refractivity contribution < 1.29 is 0 Å². The van der Waals surface area contributed by atoms with E-state index in [9.17, 15) is 0 Å². The van der Waals surface area contributed by atoms with Crippen LogP contribution in [0.5, 0.6) is 0 Å². The fourth-order valence-corrected chi connectivity index (χ4v) is 3.16. The van der Waals surface area contributed by atoms with E-state index in [1.165, 1.54) is 20.9 Å². The van der Waals surface area contributed by atoms with Gasteiger partial charge in [0.05, 0.1) is 0 Å². The van der Waals surface area contributed by atoms with Crippen molar-refractivity contribution in [1.82, 2.24) is 0 Å². The molecule has 0 aliphatic carbocycles. The third kappa shape index (κ3) is 1.68. The number of hydrogen-bond donors (Lipinski definition) is 1. The van der Waals surface area contributed by atoms with Crippen LogP contribution < -0.4 is 0 Å². The van der Waals surface area contributed by atoms with Gasteiger partial charge in [-0.05, 0) is 41.8 Å². The minimum atomic E-state index is 1.03. The Morgan fingerprint density at radius 3 is 2.67 bits per heavy atom. The number of thiol groups is 1. The first kappa shape index (κ1) is 9.37. The topological polar surface area (TPSA) is 0 Å². The van der Waals surface area contributed by atoms with Crippen LogP contribution >= 0.6 is 24.4 Å². The zero-order valence-corrected chi connectivity index (χ0v) is 9.81. The Kier molecular flexibility index (Phi) is 2.26. The monoisotopic (exact) mass is 230 g/mol. The van der Waals surface area contributed by atoms with Gasteiger partial charge in [-0.15, -0.1) is 12.6 Å². The first-order valence-electron chi connectivity index (χ1n) is 4.90. The van der Waals surface area contributed by atoms with Crippen LogP contribution in [0, 0.1) is 0 Å². The van der Waals surface area contributed by atoms with E-state index in [0.717, 1.165) is 11.3 Å². The molecule has 1 heterocycles. The van der Waals surface area contributed by atoms with Crippen LogP contribution in [0.1, 0.15) is 11.1 Å². The first-order chi connectivity index (χ1) is 7.33. The van der Waals surface area contributed by atoms with E-state index in [2.05, 4.69) is 55.1 Å². The highest BCUT2D eigenvalue weighted by Gasteiger charge is 2.14. The van der Waals surface area contributed by atoms with Gasteiger partial charge in [0.2, 0.25) is 0 Å². The summed E-state index contributed by atoms with van der Waals surface area (Å²) in [6.07, 6.45) is 1.03. The molecule has 0 atom stereocenters. The smallest absolute Gasteiger partial charge is 0.0158 e. The van der Waals surface area contributed by atoms with Gasteiger partial charge in [-0.25, -0.2) is 0 Å². The van der Waals surface area contributed by atoms with Crippen molar-refractivity contribution in [2.45, 2.75) is 21.1 Å². The van der Waals surface area contributed by atoms with Gasteiger partial charge in [-0.2, -0.15) is 0 Å². The lowest BCUT2D eigenvalue weighted by molar-refractivity contribution is 1.04. The summed E-state index contributed by atoms with van der Waals surface area (Å²) in [4.78, 5) is 3.80. The molecule has 0 bridgehead atoms. The van der Waals surface area contributed by atoms with E-state index in [4.69, 9.17) is 0 Å². The Balaban J connectivity index is 2.11. The second kappa shape index (κ2) is 3.62. The van der Waals surface area contributed by atoms with Gasteiger partial charge < -0.3 is 0 Å². The van der Waals surface area contributed by atoms with E-state index < -0.39 is 0 Å². The zero-order chi connectivity index (χ0) is 10.3. The van der Waals surface area contributed by atoms with Crippen molar-refractivity contribution >= 4 is 24.4 Å². The van der Waals surface area contributed by atoms with Crippen LogP contribution in [0.3, 0.4) is 0 Å². The molecule has 1 aliphatic heterocycles. The van der Waals surface area contributed by atoms with Crippen molar-refractivity contribution in [1.29, 1.82) is 0 Å². The molecule has 0 saturated carbocycles. The van der Waals surface area contributed by atoms with Crippen molar-refractivity contribution in [3.63, 3.8) is 0 Å². The molecule has 0 spiro atoms. The summed E-state index contributed by atoms with van der Waals surface area (Å²) in [6, 6.07) is 15.0. The molecule has 0 saturated heterocycles. The predicted molar refractivity (Wildman–Crippen MR) is 67.1 cm³/mol. The Morgan fingerprint density at radius 1 is 0.933 bits per heavy atom. The highest BCUT2D eigenvalue weighted by Crippen LogP contribution is 2.39. The molecule has 0 fully saturated rings. The van der Waals surface area contributed by atoms with Crippen LogP contribution in [0.15, 0.2) is 57.2 Å². The fourth-order valence-electron chi connectivity index (χ4n) is 1.88. The van der Waals surface area contributed by atoms with Crippen molar-refractivity contribution in [2.24, 2.45) is 0 Å². The Bertz CT molecular complexity index is 518. The molecule has 0 amide bonds. The number of hydrogen-bond acceptors (Lipinski definition) is 2. The van der Waals surface area contributed by atoms with Crippen LogP contribution in [0.4, 0.5) is 0 Å². The summed E-state index contributed by atoms with van der Waals surface area (Å²) in [5.74, 6) is 0. The summed E-state index contributed by atoms with van der Waals surface area (Å²) < 4.78 is 0. The highest BCUT2D eigenvalue weighted by atomic mass is 32.2. The van der Waals surface area contributed by atoms with E-state index in [1.807, 2.05) is 11.8 Å². The number of rotatable bonds is 0. The third-order valence-electron chi connectivity index (χ3n) is 2.62. The second-order valence-corrected chi connectivity index (χ2v) is 5.28. The summed E-state index contributed by atoms with van der Waals surface area (Å²) in [7, 11) is 0. The van der Waals surface area contributed by atoms with Crippen LogP contribution in [0.25, 0.3) is 0 Å². The zero-order valence-electron chi connectivity index (χ0n) is 8.10. The molecule has 0 N–H and O–H groups in total. The van der Waals surface area contributed by atoms with Gasteiger partial charge in [0, 0.05) is 14.7 Å². The molecular formula is C13H10S2. The average Bonchev–Trinajstić information content (AvgIpc) is 2.26. The lowest BCUT2D eigenvalue weighted by Gasteiger charge is -2.18. The lowest BCUT2D eigenvalue weighted by atomic mass is 10.0. The van der Waals surface area contributed by atoms with E-state index in [-0.39, 0.29) is 0 Å². The lowest BCUT2D eigenvalue weighted by Crippen LogP contribution is -1.98.